The van der Waals surface area contributed by atoms with Gasteiger partial charge in [-0.05, 0) is 47.0 Å². The number of benzene rings is 3. The molecule has 0 saturated carbocycles. The van der Waals surface area contributed by atoms with Crippen LogP contribution < -0.4 is 0 Å². The van der Waals surface area contributed by atoms with Crippen molar-refractivity contribution < 1.29 is 4.79 Å². The minimum Gasteiger partial charge on any atom is -0.304 e. The fourth-order valence-corrected chi connectivity index (χ4v) is 4.43. The lowest BCUT2D eigenvalue weighted by molar-refractivity contribution is 0.112. The molecule has 1 fully saturated rings. The van der Waals surface area contributed by atoms with E-state index in [0.29, 0.717) is 11.1 Å². The number of likely N-dealkylation sites (N-methyl/N-ethyl adjacent to an activating group) is 1. The Labute approximate surface area is 188 Å². The maximum absolute atomic E-state index is 11.6. The number of aromatic nitrogens is 3. The van der Waals surface area contributed by atoms with Crippen molar-refractivity contribution in [2.24, 2.45) is 7.05 Å². The van der Waals surface area contributed by atoms with Crippen LogP contribution in [-0.4, -0.2) is 64.3 Å². The van der Waals surface area contributed by atoms with Gasteiger partial charge < -0.3 is 4.90 Å². The first-order valence-corrected chi connectivity index (χ1v) is 11.0. The van der Waals surface area contributed by atoms with Crippen LogP contribution in [0, 0.1) is 0 Å². The Morgan fingerprint density at radius 1 is 0.844 bits per heavy atom. The first-order valence-electron chi connectivity index (χ1n) is 11.0. The molecule has 5 rings (SSSR count). The SMILES string of the molecule is CN1CCN(Cc2ccccc2-c2ccc(-c3cc(C=O)c4nn(C)nc4c3)cc2)CC1. The molecular formula is C26H27N5O. The molecule has 3 aromatic carbocycles. The molecule has 0 unspecified atom stereocenters. The maximum Gasteiger partial charge on any atom is 0.152 e. The summed E-state index contributed by atoms with van der Waals surface area (Å²) in [5.41, 5.74) is 7.79. The van der Waals surface area contributed by atoms with E-state index in [2.05, 4.69) is 75.6 Å². The zero-order chi connectivity index (χ0) is 22.1. The van der Waals surface area contributed by atoms with Crippen molar-refractivity contribution in [2.45, 2.75) is 6.54 Å². The highest BCUT2D eigenvalue weighted by Crippen LogP contribution is 2.30. The number of aryl methyl sites for hydroxylation is 1. The first-order chi connectivity index (χ1) is 15.6. The first kappa shape index (κ1) is 20.5. The Kier molecular flexibility index (Phi) is 5.55. The van der Waals surface area contributed by atoms with E-state index in [1.54, 1.807) is 7.05 Å². The van der Waals surface area contributed by atoms with Gasteiger partial charge in [0, 0.05) is 45.3 Å². The summed E-state index contributed by atoms with van der Waals surface area (Å²) in [4.78, 5) is 18.0. The van der Waals surface area contributed by atoms with E-state index in [4.69, 9.17) is 0 Å². The molecule has 0 bridgehead atoms. The second-order valence-corrected chi connectivity index (χ2v) is 8.55. The minimum absolute atomic E-state index is 0.562. The van der Waals surface area contributed by atoms with Crippen LogP contribution in [0.2, 0.25) is 0 Å². The van der Waals surface area contributed by atoms with Crippen molar-refractivity contribution in [1.82, 2.24) is 24.8 Å². The van der Waals surface area contributed by atoms with Crippen molar-refractivity contribution >= 4 is 17.3 Å². The largest absolute Gasteiger partial charge is 0.304 e. The Bertz CT molecular complexity index is 1250. The number of hydrogen-bond donors (Lipinski definition) is 0. The molecule has 0 amide bonds. The lowest BCUT2D eigenvalue weighted by atomic mass is 9.96. The van der Waals surface area contributed by atoms with Crippen LogP contribution in [0.4, 0.5) is 0 Å². The second kappa shape index (κ2) is 8.65. The van der Waals surface area contributed by atoms with Gasteiger partial charge in [0.05, 0.1) is 0 Å². The number of carbonyl (C=O) groups is 1. The molecule has 2 heterocycles. The molecule has 6 heteroatoms. The van der Waals surface area contributed by atoms with Gasteiger partial charge >= 0.3 is 0 Å². The zero-order valence-electron chi connectivity index (χ0n) is 18.5. The van der Waals surface area contributed by atoms with Crippen molar-refractivity contribution in [3.8, 4) is 22.3 Å². The molecule has 32 heavy (non-hydrogen) atoms. The van der Waals surface area contributed by atoms with Gasteiger partial charge in [0.25, 0.3) is 0 Å². The molecular weight excluding hydrogens is 398 g/mol. The number of nitrogens with zero attached hydrogens (tertiary/aromatic N) is 5. The lowest BCUT2D eigenvalue weighted by Crippen LogP contribution is -2.43. The van der Waals surface area contributed by atoms with Crippen LogP contribution in [-0.2, 0) is 13.6 Å². The average molecular weight is 426 g/mol. The van der Waals surface area contributed by atoms with Crippen LogP contribution in [0.25, 0.3) is 33.3 Å². The minimum atomic E-state index is 0.562. The molecule has 162 valence electrons. The quantitative estimate of drug-likeness (QED) is 0.455. The third-order valence-corrected chi connectivity index (χ3v) is 6.28. The monoisotopic (exact) mass is 425 g/mol. The highest BCUT2D eigenvalue weighted by atomic mass is 16.1. The van der Waals surface area contributed by atoms with Crippen molar-refractivity contribution in [3.63, 3.8) is 0 Å². The van der Waals surface area contributed by atoms with Crippen molar-refractivity contribution in [2.75, 3.05) is 33.2 Å². The van der Waals surface area contributed by atoms with Gasteiger partial charge in [-0.25, -0.2) is 0 Å². The summed E-state index contributed by atoms with van der Waals surface area (Å²) in [6, 6.07) is 21.1. The smallest absolute Gasteiger partial charge is 0.152 e. The summed E-state index contributed by atoms with van der Waals surface area (Å²) in [5, 5.41) is 8.69. The molecule has 1 aliphatic heterocycles. The second-order valence-electron chi connectivity index (χ2n) is 8.55. The molecule has 0 atom stereocenters. The lowest BCUT2D eigenvalue weighted by Gasteiger charge is -2.32. The van der Waals surface area contributed by atoms with Crippen LogP contribution in [0.15, 0.2) is 60.7 Å². The normalized spacial score (nSPS) is 15.3. The topological polar surface area (TPSA) is 54.3 Å². The van der Waals surface area contributed by atoms with Crippen LogP contribution >= 0.6 is 0 Å². The molecule has 1 aromatic heterocycles. The maximum atomic E-state index is 11.6. The highest BCUT2D eigenvalue weighted by Gasteiger charge is 2.16. The van der Waals surface area contributed by atoms with E-state index in [1.807, 2.05) is 12.1 Å². The van der Waals surface area contributed by atoms with Crippen LogP contribution in [0.1, 0.15) is 15.9 Å². The highest BCUT2D eigenvalue weighted by molar-refractivity contribution is 5.97. The number of carbonyl (C=O) groups excluding carboxylic acids is 1. The third-order valence-electron chi connectivity index (χ3n) is 6.28. The molecule has 0 radical (unpaired) electrons. The summed E-state index contributed by atoms with van der Waals surface area (Å²) in [6.07, 6.45) is 0.851. The van der Waals surface area contributed by atoms with Gasteiger partial charge in [0.2, 0.25) is 0 Å². The summed E-state index contributed by atoms with van der Waals surface area (Å²) in [6.45, 7) is 5.42. The van der Waals surface area contributed by atoms with Crippen LogP contribution in [0.5, 0.6) is 0 Å². The molecule has 4 aromatic rings. The Morgan fingerprint density at radius 2 is 1.56 bits per heavy atom. The molecule has 0 N–H and O–H groups in total. The van der Waals surface area contributed by atoms with Gasteiger partial charge in [-0.2, -0.15) is 15.0 Å². The number of aldehydes is 1. The Balaban J connectivity index is 1.43. The molecule has 1 aliphatic rings. The Hall–Kier alpha value is -3.35. The number of piperazine rings is 1. The summed E-state index contributed by atoms with van der Waals surface area (Å²) < 4.78 is 0. The Morgan fingerprint density at radius 3 is 2.31 bits per heavy atom. The number of rotatable bonds is 5. The van der Waals surface area contributed by atoms with Gasteiger partial charge in [-0.15, -0.1) is 0 Å². The summed E-state index contributed by atoms with van der Waals surface area (Å²) in [7, 11) is 3.95. The average Bonchev–Trinajstić information content (AvgIpc) is 3.20. The third kappa shape index (κ3) is 4.07. The van der Waals surface area contributed by atoms with E-state index >= 15 is 0 Å². The van der Waals surface area contributed by atoms with E-state index in [9.17, 15) is 4.79 Å². The molecule has 0 spiro atoms. The predicted molar refractivity (Wildman–Crippen MR) is 128 cm³/mol. The zero-order valence-corrected chi connectivity index (χ0v) is 18.5. The number of fused-ring (bicyclic) bond motifs is 1. The van der Waals surface area contributed by atoms with Crippen LogP contribution in [0.3, 0.4) is 0 Å². The van der Waals surface area contributed by atoms with Gasteiger partial charge in [-0.1, -0.05) is 48.5 Å². The van der Waals surface area contributed by atoms with E-state index in [1.165, 1.54) is 21.5 Å². The molecule has 0 aliphatic carbocycles. The van der Waals surface area contributed by atoms with E-state index in [-0.39, 0.29) is 0 Å². The fourth-order valence-electron chi connectivity index (χ4n) is 4.43. The van der Waals surface area contributed by atoms with Crippen molar-refractivity contribution in [1.29, 1.82) is 0 Å². The van der Waals surface area contributed by atoms with Crippen molar-refractivity contribution in [3.05, 3.63) is 71.8 Å². The summed E-state index contributed by atoms with van der Waals surface area (Å²) >= 11 is 0. The fraction of sp³-hybridized carbons (Fsp3) is 0.269. The van der Waals surface area contributed by atoms with Gasteiger partial charge in [0.1, 0.15) is 11.0 Å². The molecule has 1 saturated heterocycles. The summed E-state index contributed by atoms with van der Waals surface area (Å²) in [5.74, 6) is 0. The molecule has 6 nitrogen and oxygen atoms in total. The van der Waals surface area contributed by atoms with E-state index in [0.717, 1.165) is 55.7 Å². The van der Waals surface area contributed by atoms with Gasteiger partial charge in [0.15, 0.2) is 6.29 Å². The number of hydrogen-bond acceptors (Lipinski definition) is 5. The van der Waals surface area contributed by atoms with E-state index < -0.39 is 0 Å². The van der Waals surface area contributed by atoms with Gasteiger partial charge in [-0.3, -0.25) is 9.69 Å². The standard InChI is InChI=1S/C26H27N5O/c1-29-11-13-31(14-12-29)17-21-5-3-4-6-24(21)20-9-7-19(8-10-20)22-15-23(18-32)26-25(16-22)27-30(2)28-26/h3-10,15-16,18H,11-14,17H2,1-2H3. The predicted octanol–water partition coefficient (Wildman–Crippen LogP) is 3.86.